The first-order valence-electron chi connectivity index (χ1n) is 6.35. The first kappa shape index (κ1) is 12.1. The molecule has 2 rings (SSSR count). The molecular weight excluding hydrogens is 210 g/mol. The lowest BCUT2D eigenvalue weighted by Crippen LogP contribution is -2.14. The summed E-state index contributed by atoms with van der Waals surface area (Å²) < 4.78 is 2.01. The standard InChI is InChI=1S/C14H21N3/c1-6-11-13-10(14(3,4)5)8-9-15-17(13)12(7-2)16-11/h8-9H,6-7H2,1-5H3. The van der Waals surface area contributed by atoms with Gasteiger partial charge in [0.25, 0.3) is 0 Å². The van der Waals surface area contributed by atoms with Gasteiger partial charge in [-0.05, 0) is 23.5 Å². The maximum atomic E-state index is 4.70. The molecular formula is C14H21N3. The topological polar surface area (TPSA) is 30.2 Å². The quantitative estimate of drug-likeness (QED) is 0.794. The number of hydrogen-bond acceptors (Lipinski definition) is 2. The molecule has 0 amide bonds. The Morgan fingerprint density at radius 3 is 2.41 bits per heavy atom. The fraction of sp³-hybridized carbons (Fsp3) is 0.571. The van der Waals surface area contributed by atoms with Crippen LogP contribution in [-0.2, 0) is 18.3 Å². The molecule has 17 heavy (non-hydrogen) atoms. The van der Waals surface area contributed by atoms with E-state index in [1.54, 1.807) is 0 Å². The average Bonchev–Trinajstić information content (AvgIpc) is 2.65. The van der Waals surface area contributed by atoms with Crippen LogP contribution < -0.4 is 0 Å². The SMILES string of the molecule is CCc1nc(CC)n2nccc(C(C)(C)C)c12. The Bertz CT molecular complexity index is 532. The van der Waals surface area contributed by atoms with E-state index in [-0.39, 0.29) is 5.41 Å². The Kier molecular flexibility index (Phi) is 2.94. The van der Waals surface area contributed by atoms with Crippen LogP contribution in [0.4, 0.5) is 0 Å². The van der Waals surface area contributed by atoms with Crippen LogP contribution in [0.2, 0.25) is 0 Å². The van der Waals surface area contributed by atoms with Crippen LogP contribution in [0, 0.1) is 0 Å². The second-order valence-corrected chi connectivity index (χ2v) is 5.44. The molecule has 2 heterocycles. The lowest BCUT2D eigenvalue weighted by atomic mass is 9.86. The molecule has 0 atom stereocenters. The predicted octanol–water partition coefficient (Wildman–Crippen LogP) is 3.15. The zero-order chi connectivity index (χ0) is 12.6. The highest BCUT2D eigenvalue weighted by Crippen LogP contribution is 2.28. The fourth-order valence-electron chi connectivity index (χ4n) is 2.24. The first-order chi connectivity index (χ1) is 7.99. The molecule has 0 aliphatic rings. The molecule has 0 aromatic carbocycles. The van der Waals surface area contributed by atoms with Crippen LogP contribution in [0.1, 0.15) is 51.7 Å². The van der Waals surface area contributed by atoms with Crippen molar-refractivity contribution >= 4 is 5.52 Å². The Morgan fingerprint density at radius 1 is 1.18 bits per heavy atom. The highest BCUT2D eigenvalue weighted by atomic mass is 15.3. The molecule has 0 saturated heterocycles. The maximum absolute atomic E-state index is 4.70. The zero-order valence-electron chi connectivity index (χ0n) is 11.4. The molecule has 0 fully saturated rings. The third-order valence-electron chi connectivity index (χ3n) is 3.13. The van der Waals surface area contributed by atoms with Gasteiger partial charge in [0.2, 0.25) is 0 Å². The van der Waals surface area contributed by atoms with E-state index in [0.29, 0.717) is 0 Å². The Labute approximate surface area is 103 Å². The highest BCUT2D eigenvalue weighted by Gasteiger charge is 2.21. The van der Waals surface area contributed by atoms with E-state index in [4.69, 9.17) is 4.98 Å². The van der Waals surface area contributed by atoms with E-state index in [0.717, 1.165) is 18.7 Å². The molecule has 0 bridgehead atoms. The zero-order valence-corrected chi connectivity index (χ0v) is 11.4. The second kappa shape index (κ2) is 4.13. The monoisotopic (exact) mass is 231 g/mol. The summed E-state index contributed by atoms with van der Waals surface area (Å²) in [5.41, 5.74) is 3.83. The fourth-order valence-corrected chi connectivity index (χ4v) is 2.24. The summed E-state index contributed by atoms with van der Waals surface area (Å²) in [5.74, 6) is 1.06. The van der Waals surface area contributed by atoms with Gasteiger partial charge in [-0.2, -0.15) is 5.10 Å². The van der Waals surface area contributed by atoms with Gasteiger partial charge in [0.15, 0.2) is 0 Å². The lowest BCUT2D eigenvalue weighted by Gasteiger charge is -2.20. The third kappa shape index (κ3) is 1.94. The van der Waals surface area contributed by atoms with Crippen molar-refractivity contribution in [1.29, 1.82) is 0 Å². The first-order valence-corrected chi connectivity index (χ1v) is 6.35. The van der Waals surface area contributed by atoms with E-state index in [1.807, 2.05) is 10.7 Å². The molecule has 0 spiro atoms. The molecule has 3 heteroatoms. The molecule has 0 unspecified atom stereocenters. The Hall–Kier alpha value is -1.38. The van der Waals surface area contributed by atoms with Gasteiger partial charge < -0.3 is 0 Å². The van der Waals surface area contributed by atoms with Gasteiger partial charge in [-0.25, -0.2) is 9.50 Å². The van der Waals surface area contributed by atoms with E-state index >= 15 is 0 Å². The molecule has 2 aromatic rings. The molecule has 92 valence electrons. The van der Waals surface area contributed by atoms with Crippen LogP contribution in [0.5, 0.6) is 0 Å². The van der Waals surface area contributed by atoms with Crippen LogP contribution in [0.15, 0.2) is 12.3 Å². The Morgan fingerprint density at radius 2 is 1.88 bits per heavy atom. The van der Waals surface area contributed by atoms with E-state index in [9.17, 15) is 0 Å². The normalized spacial score (nSPS) is 12.3. The van der Waals surface area contributed by atoms with Crippen molar-refractivity contribution in [2.24, 2.45) is 0 Å². The summed E-state index contributed by atoms with van der Waals surface area (Å²) in [6, 6.07) is 2.12. The molecule has 0 saturated carbocycles. The number of hydrogen-bond donors (Lipinski definition) is 0. The number of nitrogens with zero attached hydrogens (tertiary/aromatic N) is 3. The van der Waals surface area contributed by atoms with Crippen molar-refractivity contribution in [3.63, 3.8) is 0 Å². The largest absolute Gasteiger partial charge is 0.236 e. The summed E-state index contributed by atoms with van der Waals surface area (Å²) in [5, 5.41) is 4.45. The van der Waals surface area contributed by atoms with Gasteiger partial charge in [-0.3, -0.25) is 0 Å². The molecule has 0 aliphatic carbocycles. The van der Waals surface area contributed by atoms with E-state index < -0.39 is 0 Å². The predicted molar refractivity (Wildman–Crippen MR) is 70.4 cm³/mol. The number of aryl methyl sites for hydroxylation is 2. The highest BCUT2D eigenvalue weighted by molar-refractivity contribution is 5.61. The van der Waals surface area contributed by atoms with E-state index in [2.05, 4.69) is 45.8 Å². The number of rotatable bonds is 2. The smallest absolute Gasteiger partial charge is 0.130 e. The summed E-state index contributed by atoms with van der Waals surface area (Å²) in [7, 11) is 0. The maximum Gasteiger partial charge on any atom is 0.130 e. The van der Waals surface area contributed by atoms with Crippen LogP contribution in [-0.4, -0.2) is 14.6 Å². The summed E-state index contributed by atoms with van der Waals surface area (Å²) in [6.45, 7) is 11.0. The van der Waals surface area contributed by atoms with Crippen molar-refractivity contribution in [2.45, 2.75) is 52.9 Å². The molecule has 2 aromatic heterocycles. The minimum absolute atomic E-state index is 0.124. The molecule has 3 nitrogen and oxygen atoms in total. The number of imidazole rings is 1. The Balaban J connectivity index is 2.83. The van der Waals surface area contributed by atoms with E-state index in [1.165, 1.54) is 16.8 Å². The van der Waals surface area contributed by atoms with Crippen LogP contribution in [0.25, 0.3) is 5.52 Å². The van der Waals surface area contributed by atoms with Gasteiger partial charge in [-0.1, -0.05) is 34.6 Å². The van der Waals surface area contributed by atoms with Crippen molar-refractivity contribution in [3.05, 3.63) is 29.3 Å². The van der Waals surface area contributed by atoms with Gasteiger partial charge in [0, 0.05) is 12.6 Å². The van der Waals surface area contributed by atoms with Gasteiger partial charge in [-0.15, -0.1) is 0 Å². The second-order valence-electron chi connectivity index (χ2n) is 5.44. The van der Waals surface area contributed by atoms with Gasteiger partial charge in [0.05, 0.1) is 11.2 Å². The number of aromatic nitrogens is 3. The van der Waals surface area contributed by atoms with Gasteiger partial charge in [0.1, 0.15) is 5.82 Å². The average molecular weight is 231 g/mol. The van der Waals surface area contributed by atoms with Crippen molar-refractivity contribution < 1.29 is 0 Å². The minimum Gasteiger partial charge on any atom is -0.236 e. The molecule has 0 aliphatic heterocycles. The van der Waals surface area contributed by atoms with Crippen LogP contribution >= 0.6 is 0 Å². The summed E-state index contributed by atoms with van der Waals surface area (Å²) in [4.78, 5) is 4.70. The minimum atomic E-state index is 0.124. The molecule has 0 N–H and O–H groups in total. The van der Waals surface area contributed by atoms with Crippen molar-refractivity contribution in [1.82, 2.24) is 14.6 Å². The molecule has 0 radical (unpaired) electrons. The van der Waals surface area contributed by atoms with Gasteiger partial charge >= 0.3 is 0 Å². The van der Waals surface area contributed by atoms with Crippen molar-refractivity contribution in [2.75, 3.05) is 0 Å². The van der Waals surface area contributed by atoms with Crippen LogP contribution in [0.3, 0.4) is 0 Å². The van der Waals surface area contributed by atoms with Crippen molar-refractivity contribution in [3.8, 4) is 0 Å². The summed E-state index contributed by atoms with van der Waals surface area (Å²) in [6.07, 6.45) is 3.76. The number of fused-ring (bicyclic) bond motifs is 1. The summed E-state index contributed by atoms with van der Waals surface area (Å²) >= 11 is 0. The third-order valence-corrected chi connectivity index (χ3v) is 3.13. The lowest BCUT2D eigenvalue weighted by molar-refractivity contribution is 0.589.